The van der Waals surface area contributed by atoms with Crippen molar-refractivity contribution < 1.29 is 4.87 Å². The first-order valence-electron chi connectivity index (χ1n) is 3.34. The minimum absolute atomic E-state index is 0.344. The van der Waals surface area contributed by atoms with Crippen molar-refractivity contribution in [1.29, 1.82) is 0 Å². The molecule has 0 unspecified atom stereocenters. The Bertz CT molecular complexity index is 437. The lowest BCUT2D eigenvalue weighted by molar-refractivity contribution is -0.474. The first kappa shape index (κ1) is 7.17. The highest BCUT2D eigenvalue weighted by molar-refractivity contribution is 7.13. The SMILES string of the molecule is N[N+](=O)c1ccc2sncc2c1. The maximum atomic E-state index is 10.7. The van der Waals surface area contributed by atoms with Gasteiger partial charge in [-0.25, -0.2) is 0 Å². The van der Waals surface area contributed by atoms with Gasteiger partial charge in [0.25, 0.3) is 5.69 Å². The summed E-state index contributed by atoms with van der Waals surface area (Å²) in [6, 6.07) is 5.22. The van der Waals surface area contributed by atoms with Crippen molar-refractivity contribution in [2.24, 2.45) is 5.84 Å². The molecule has 2 N–H and O–H groups in total. The van der Waals surface area contributed by atoms with Gasteiger partial charge in [-0.05, 0) is 17.6 Å². The van der Waals surface area contributed by atoms with E-state index in [9.17, 15) is 4.91 Å². The van der Waals surface area contributed by atoms with Crippen LogP contribution in [0.4, 0.5) is 5.69 Å². The number of benzene rings is 1. The average molecular weight is 180 g/mol. The van der Waals surface area contributed by atoms with Gasteiger partial charge in [-0.2, -0.15) is 10.2 Å². The van der Waals surface area contributed by atoms with E-state index >= 15 is 0 Å². The van der Waals surface area contributed by atoms with Crippen LogP contribution in [-0.2, 0) is 0 Å². The summed E-state index contributed by atoms with van der Waals surface area (Å²) in [5, 5.41) is 0.948. The lowest BCUT2D eigenvalue weighted by atomic mass is 10.2. The Morgan fingerprint density at radius 2 is 2.33 bits per heavy atom. The molecule has 0 saturated carbocycles. The van der Waals surface area contributed by atoms with Crippen molar-refractivity contribution in [3.63, 3.8) is 0 Å². The Hall–Kier alpha value is -1.49. The van der Waals surface area contributed by atoms with E-state index in [2.05, 4.69) is 4.37 Å². The van der Waals surface area contributed by atoms with Crippen LogP contribution >= 0.6 is 11.5 Å². The van der Waals surface area contributed by atoms with Gasteiger partial charge in [0.15, 0.2) is 4.87 Å². The quantitative estimate of drug-likeness (QED) is 0.412. The zero-order chi connectivity index (χ0) is 8.55. The fourth-order valence-corrected chi connectivity index (χ4v) is 1.62. The summed E-state index contributed by atoms with van der Waals surface area (Å²) < 4.78 is 5.04. The van der Waals surface area contributed by atoms with Crippen LogP contribution < -0.4 is 5.84 Å². The molecule has 0 atom stereocenters. The molecule has 0 aliphatic carbocycles. The average Bonchev–Trinajstić information content (AvgIpc) is 2.49. The van der Waals surface area contributed by atoms with Crippen LogP contribution in [0.2, 0.25) is 0 Å². The predicted molar refractivity (Wildman–Crippen MR) is 47.1 cm³/mol. The fraction of sp³-hybridized carbons (Fsp3) is 0. The van der Waals surface area contributed by atoms with Gasteiger partial charge in [0, 0.05) is 23.7 Å². The van der Waals surface area contributed by atoms with E-state index in [-0.39, 0.29) is 0 Å². The molecule has 2 aromatic rings. The maximum Gasteiger partial charge on any atom is 0.292 e. The van der Waals surface area contributed by atoms with Gasteiger partial charge in [-0.3, -0.25) is 0 Å². The van der Waals surface area contributed by atoms with Gasteiger partial charge >= 0.3 is 0 Å². The number of fused-ring (bicyclic) bond motifs is 1. The Balaban J connectivity index is 2.68. The molecule has 4 nitrogen and oxygen atoms in total. The molecule has 0 aliphatic rings. The van der Waals surface area contributed by atoms with Gasteiger partial charge in [0.05, 0.1) is 9.61 Å². The van der Waals surface area contributed by atoms with E-state index in [0.29, 0.717) is 10.6 Å². The van der Waals surface area contributed by atoms with E-state index in [1.165, 1.54) is 11.5 Å². The summed E-state index contributed by atoms with van der Waals surface area (Å²) in [6.45, 7) is 0. The molecule has 0 bridgehead atoms. The third-order valence-corrected chi connectivity index (χ3v) is 2.37. The molecule has 0 amide bonds. The number of hydrogen-bond donors (Lipinski definition) is 1. The summed E-state index contributed by atoms with van der Waals surface area (Å²) in [5.74, 6) is 5.03. The van der Waals surface area contributed by atoms with Gasteiger partial charge in [-0.15, -0.1) is 0 Å². The van der Waals surface area contributed by atoms with E-state index in [0.717, 1.165) is 10.1 Å². The standard InChI is InChI=1S/C7H6N3OS/c8-10(11)6-1-2-7-5(3-6)4-9-12-7/h1-4H,(H2,8,11)/q+1. The Morgan fingerprint density at radius 3 is 3.08 bits per heavy atom. The van der Waals surface area contributed by atoms with Crippen LogP contribution in [0.15, 0.2) is 24.4 Å². The first-order valence-corrected chi connectivity index (χ1v) is 4.11. The van der Waals surface area contributed by atoms with Crippen LogP contribution in [-0.4, -0.2) is 9.24 Å². The number of hydrogen-bond acceptors (Lipinski definition) is 3. The monoisotopic (exact) mass is 180 g/mol. The van der Waals surface area contributed by atoms with Crippen molar-refractivity contribution in [2.75, 3.05) is 0 Å². The molecule has 1 aromatic carbocycles. The minimum atomic E-state index is 0.344. The Kier molecular flexibility index (Phi) is 1.51. The zero-order valence-corrected chi connectivity index (χ0v) is 6.91. The van der Waals surface area contributed by atoms with E-state index < -0.39 is 0 Å². The summed E-state index contributed by atoms with van der Waals surface area (Å²) in [6.07, 6.45) is 1.72. The molecule has 60 valence electrons. The number of aromatic nitrogens is 1. The number of nitrogens with two attached hydrogens (primary N) is 1. The van der Waals surface area contributed by atoms with E-state index in [4.69, 9.17) is 5.84 Å². The van der Waals surface area contributed by atoms with Crippen molar-refractivity contribution in [3.05, 3.63) is 29.3 Å². The van der Waals surface area contributed by atoms with Gasteiger partial charge in [0.2, 0.25) is 0 Å². The zero-order valence-electron chi connectivity index (χ0n) is 6.10. The number of nitrogens with zero attached hydrogens (tertiary/aromatic N) is 2. The lowest BCUT2D eigenvalue weighted by Gasteiger charge is -1.85. The van der Waals surface area contributed by atoms with Crippen LogP contribution in [0.1, 0.15) is 0 Å². The van der Waals surface area contributed by atoms with Crippen LogP contribution in [0.5, 0.6) is 0 Å². The van der Waals surface area contributed by atoms with Crippen molar-refractivity contribution >= 4 is 27.3 Å². The number of rotatable bonds is 1. The topological polar surface area (TPSA) is 59.0 Å². The van der Waals surface area contributed by atoms with Crippen molar-refractivity contribution in [2.45, 2.75) is 0 Å². The molecular weight excluding hydrogens is 174 g/mol. The molecule has 12 heavy (non-hydrogen) atoms. The number of nitroso groups, excluding NO2 is 1. The summed E-state index contributed by atoms with van der Waals surface area (Å²) >= 11 is 1.40. The summed E-state index contributed by atoms with van der Waals surface area (Å²) in [7, 11) is 0. The third-order valence-electron chi connectivity index (χ3n) is 1.59. The second-order valence-corrected chi connectivity index (χ2v) is 3.21. The van der Waals surface area contributed by atoms with Crippen LogP contribution in [0.25, 0.3) is 10.1 Å². The Morgan fingerprint density at radius 1 is 1.50 bits per heavy atom. The summed E-state index contributed by atoms with van der Waals surface area (Å²) in [4.78, 5) is 11.0. The lowest BCUT2D eigenvalue weighted by Crippen LogP contribution is -2.08. The van der Waals surface area contributed by atoms with E-state index in [1.54, 1.807) is 18.3 Å². The van der Waals surface area contributed by atoms with Gasteiger partial charge in [0.1, 0.15) is 0 Å². The molecule has 1 aromatic heterocycles. The molecule has 0 fully saturated rings. The largest absolute Gasteiger partial charge is 0.292 e. The van der Waals surface area contributed by atoms with E-state index in [1.807, 2.05) is 6.07 Å². The van der Waals surface area contributed by atoms with Gasteiger partial charge < -0.3 is 0 Å². The third kappa shape index (κ3) is 1.04. The van der Waals surface area contributed by atoms with Crippen molar-refractivity contribution in [3.8, 4) is 0 Å². The molecule has 0 aliphatic heterocycles. The minimum Gasteiger partial charge on any atom is -0.200 e. The molecule has 1 heterocycles. The highest BCUT2D eigenvalue weighted by atomic mass is 32.1. The first-order chi connectivity index (χ1) is 5.77. The second-order valence-electron chi connectivity index (χ2n) is 2.37. The fourth-order valence-electron chi connectivity index (χ4n) is 0.997. The smallest absolute Gasteiger partial charge is 0.200 e. The van der Waals surface area contributed by atoms with Crippen LogP contribution in [0.3, 0.4) is 0 Å². The maximum absolute atomic E-state index is 10.7. The molecule has 2 rings (SSSR count). The highest BCUT2D eigenvalue weighted by Gasteiger charge is 2.09. The normalized spacial score (nSPS) is 10.3. The van der Waals surface area contributed by atoms with Crippen LogP contribution in [0, 0.1) is 4.91 Å². The van der Waals surface area contributed by atoms with Gasteiger partial charge in [-0.1, -0.05) is 0 Å². The van der Waals surface area contributed by atoms with Crippen molar-refractivity contribution in [1.82, 2.24) is 4.37 Å². The second kappa shape index (κ2) is 2.53. The molecule has 0 saturated heterocycles. The molecule has 0 spiro atoms. The number of hydrazine groups is 1. The summed E-state index contributed by atoms with van der Waals surface area (Å²) in [5.41, 5.74) is 0.447. The highest BCUT2D eigenvalue weighted by Crippen LogP contribution is 2.22. The molecule has 0 radical (unpaired) electrons. The predicted octanol–water partition coefficient (Wildman–Crippen LogP) is 1.58. The molecular formula is C7H6N3OS+. The molecule has 5 heteroatoms. The Labute approximate surface area is 72.3 Å².